The first-order valence-corrected chi connectivity index (χ1v) is 10.6. The van der Waals surface area contributed by atoms with E-state index in [9.17, 15) is 5.11 Å². The molecule has 0 saturated heterocycles. The summed E-state index contributed by atoms with van der Waals surface area (Å²) in [4.78, 5) is 0. The number of aliphatic hydroxyl groups is 1. The summed E-state index contributed by atoms with van der Waals surface area (Å²) in [5.74, 6) is 2.54. The van der Waals surface area contributed by atoms with Crippen molar-refractivity contribution < 1.29 is 5.11 Å². The molecule has 0 spiro atoms. The minimum atomic E-state index is -0.595. The van der Waals surface area contributed by atoms with E-state index in [1.54, 1.807) is 0 Å². The van der Waals surface area contributed by atoms with Crippen molar-refractivity contribution in [2.24, 2.45) is 29.6 Å². The number of hydrogen-bond donors (Lipinski definition) is 1. The maximum absolute atomic E-state index is 10.8. The molecule has 1 heteroatoms. The highest BCUT2D eigenvalue weighted by molar-refractivity contribution is 5.07. The van der Waals surface area contributed by atoms with Crippen molar-refractivity contribution >= 4 is 0 Å². The van der Waals surface area contributed by atoms with Crippen LogP contribution in [0.25, 0.3) is 0 Å². The summed E-state index contributed by atoms with van der Waals surface area (Å²) in [5.41, 5.74) is 0.726. The monoisotopic (exact) mass is 350 g/mol. The number of rotatable bonds is 14. The molecule has 0 aromatic rings. The van der Waals surface area contributed by atoms with Crippen LogP contribution >= 0.6 is 0 Å². The summed E-state index contributed by atoms with van der Waals surface area (Å²) in [6.45, 7) is 23.8. The summed E-state index contributed by atoms with van der Waals surface area (Å²) in [5, 5.41) is 10.8. The molecule has 0 bridgehead atoms. The fraction of sp³-hybridized carbons (Fsp3) is 0.833. The van der Waals surface area contributed by atoms with E-state index in [2.05, 4.69) is 60.8 Å². The average Bonchev–Trinajstić information content (AvgIpc) is 2.58. The lowest BCUT2D eigenvalue weighted by Crippen LogP contribution is -2.37. The topological polar surface area (TPSA) is 20.2 Å². The van der Waals surface area contributed by atoms with Crippen molar-refractivity contribution in [3.8, 4) is 0 Å². The van der Waals surface area contributed by atoms with Gasteiger partial charge in [-0.05, 0) is 55.8 Å². The van der Waals surface area contributed by atoms with Crippen LogP contribution in [-0.2, 0) is 0 Å². The van der Waals surface area contributed by atoms with E-state index in [-0.39, 0.29) is 5.92 Å². The second-order valence-corrected chi connectivity index (χ2v) is 8.81. The highest BCUT2D eigenvalue weighted by atomic mass is 16.3. The van der Waals surface area contributed by atoms with Crippen LogP contribution in [0, 0.1) is 29.6 Å². The van der Waals surface area contributed by atoms with E-state index in [0.717, 1.165) is 18.8 Å². The molecule has 0 aliphatic carbocycles. The van der Waals surface area contributed by atoms with Gasteiger partial charge in [0.2, 0.25) is 0 Å². The molecule has 0 aliphatic rings. The molecule has 0 heterocycles. The predicted molar refractivity (Wildman–Crippen MR) is 114 cm³/mol. The summed E-state index contributed by atoms with van der Waals surface area (Å²) < 4.78 is 0. The van der Waals surface area contributed by atoms with E-state index >= 15 is 0 Å². The minimum Gasteiger partial charge on any atom is -0.390 e. The molecule has 0 radical (unpaired) electrons. The molecule has 0 aromatic heterocycles. The quantitative estimate of drug-likeness (QED) is 0.323. The predicted octanol–water partition coefficient (Wildman–Crippen LogP) is 7.41. The normalized spacial score (nSPS) is 20.2. The largest absolute Gasteiger partial charge is 0.390 e. The Hall–Kier alpha value is -0.560. The molecular formula is C24H46O. The van der Waals surface area contributed by atoms with Gasteiger partial charge in [0.1, 0.15) is 0 Å². The third-order valence-electron chi connectivity index (χ3n) is 6.64. The maximum Gasteiger partial charge on any atom is 0.0650 e. The van der Waals surface area contributed by atoms with Crippen molar-refractivity contribution in [3.63, 3.8) is 0 Å². The Morgan fingerprint density at radius 1 is 1.12 bits per heavy atom. The lowest BCUT2D eigenvalue weighted by molar-refractivity contribution is -0.0187. The second kappa shape index (κ2) is 11.9. The first-order valence-electron chi connectivity index (χ1n) is 10.6. The van der Waals surface area contributed by atoms with Gasteiger partial charge in [-0.1, -0.05) is 85.5 Å². The minimum absolute atomic E-state index is 0.246. The Labute approximate surface area is 159 Å². The molecule has 0 aliphatic heterocycles. The van der Waals surface area contributed by atoms with E-state index in [1.807, 2.05) is 6.92 Å². The van der Waals surface area contributed by atoms with Crippen molar-refractivity contribution in [1.82, 2.24) is 0 Å². The van der Waals surface area contributed by atoms with Crippen LogP contribution in [0.3, 0.4) is 0 Å². The summed E-state index contributed by atoms with van der Waals surface area (Å²) in [6.07, 6.45) is 10.3. The van der Waals surface area contributed by atoms with Crippen molar-refractivity contribution in [3.05, 3.63) is 24.8 Å². The molecule has 0 amide bonds. The third kappa shape index (κ3) is 8.58. The smallest absolute Gasteiger partial charge is 0.0650 e. The van der Waals surface area contributed by atoms with Gasteiger partial charge >= 0.3 is 0 Å². The molecule has 0 saturated carbocycles. The van der Waals surface area contributed by atoms with Gasteiger partial charge in [0.15, 0.2) is 0 Å². The van der Waals surface area contributed by atoms with E-state index in [1.165, 1.54) is 37.7 Å². The second-order valence-electron chi connectivity index (χ2n) is 8.81. The SMILES string of the molecule is C=CC(C)CCCC(CC)C[C@@H](C)C(=C)C(C)C(C)[C@](C)(O)CCC. The zero-order valence-electron chi connectivity index (χ0n) is 18.3. The Morgan fingerprint density at radius 2 is 1.72 bits per heavy atom. The summed E-state index contributed by atoms with van der Waals surface area (Å²) in [7, 11) is 0. The van der Waals surface area contributed by atoms with Crippen LogP contribution in [0.1, 0.15) is 93.4 Å². The fourth-order valence-electron chi connectivity index (χ4n) is 4.03. The number of allylic oxidation sites excluding steroid dienone is 2. The summed E-state index contributed by atoms with van der Waals surface area (Å²) in [6, 6.07) is 0. The van der Waals surface area contributed by atoms with Gasteiger partial charge in [-0.15, -0.1) is 6.58 Å². The molecule has 148 valence electrons. The van der Waals surface area contributed by atoms with Crippen LogP contribution in [0.2, 0.25) is 0 Å². The van der Waals surface area contributed by atoms with E-state index in [0.29, 0.717) is 17.8 Å². The lowest BCUT2D eigenvalue weighted by atomic mass is 9.72. The highest BCUT2D eigenvalue weighted by Gasteiger charge is 2.33. The first-order chi connectivity index (χ1) is 11.6. The highest BCUT2D eigenvalue weighted by Crippen LogP contribution is 2.37. The average molecular weight is 351 g/mol. The van der Waals surface area contributed by atoms with Gasteiger partial charge in [0.25, 0.3) is 0 Å². The van der Waals surface area contributed by atoms with Crippen LogP contribution in [0.5, 0.6) is 0 Å². The molecule has 0 fully saturated rings. The van der Waals surface area contributed by atoms with Gasteiger partial charge in [0.05, 0.1) is 5.60 Å². The molecule has 0 rings (SSSR count). The van der Waals surface area contributed by atoms with E-state index < -0.39 is 5.60 Å². The summed E-state index contributed by atoms with van der Waals surface area (Å²) >= 11 is 0. The standard InChI is InChI=1S/C24H46O/c1-10-16-24(9,25)22(8)21(7)20(6)19(5)17-23(12-3)15-13-14-18(4)11-2/h11,18-19,21-23,25H,2,6,10,12-17H2,1,3-5,7-9H3/t18?,19-,21?,22?,23?,24-/m1/s1. The van der Waals surface area contributed by atoms with Crippen LogP contribution in [0.4, 0.5) is 0 Å². The molecule has 4 unspecified atom stereocenters. The number of hydrogen-bond acceptors (Lipinski definition) is 1. The van der Waals surface area contributed by atoms with Crippen molar-refractivity contribution in [1.29, 1.82) is 0 Å². The first kappa shape index (κ1) is 24.4. The Balaban J connectivity index is 4.61. The molecule has 1 nitrogen and oxygen atoms in total. The van der Waals surface area contributed by atoms with Gasteiger partial charge in [-0.25, -0.2) is 0 Å². The third-order valence-corrected chi connectivity index (χ3v) is 6.64. The maximum atomic E-state index is 10.8. The molecule has 1 N–H and O–H groups in total. The molecule has 0 aromatic carbocycles. The zero-order chi connectivity index (χ0) is 19.6. The Morgan fingerprint density at radius 3 is 2.20 bits per heavy atom. The van der Waals surface area contributed by atoms with Gasteiger partial charge in [0, 0.05) is 0 Å². The van der Waals surface area contributed by atoms with Crippen LogP contribution < -0.4 is 0 Å². The van der Waals surface area contributed by atoms with Gasteiger partial charge in [-0.2, -0.15) is 0 Å². The molecule has 6 atom stereocenters. The fourth-order valence-corrected chi connectivity index (χ4v) is 4.03. The lowest BCUT2D eigenvalue weighted by Gasteiger charge is -2.37. The van der Waals surface area contributed by atoms with Crippen molar-refractivity contribution in [2.45, 2.75) is 99.0 Å². The Kier molecular flexibility index (Phi) is 11.7. The van der Waals surface area contributed by atoms with Crippen molar-refractivity contribution in [2.75, 3.05) is 0 Å². The van der Waals surface area contributed by atoms with Gasteiger partial charge < -0.3 is 5.11 Å². The van der Waals surface area contributed by atoms with Crippen LogP contribution in [0.15, 0.2) is 24.8 Å². The zero-order valence-corrected chi connectivity index (χ0v) is 18.3. The molecular weight excluding hydrogens is 304 g/mol. The molecule has 25 heavy (non-hydrogen) atoms. The Bertz CT molecular complexity index is 382. The van der Waals surface area contributed by atoms with E-state index in [4.69, 9.17) is 0 Å². The van der Waals surface area contributed by atoms with Crippen LogP contribution in [-0.4, -0.2) is 10.7 Å². The van der Waals surface area contributed by atoms with Gasteiger partial charge in [-0.3, -0.25) is 0 Å².